The Morgan fingerprint density at radius 1 is 1.08 bits per heavy atom. The highest BCUT2D eigenvalue weighted by molar-refractivity contribution is 7.13. The first-order chi connectivity index (χ1) is 12.5. The fourth-order valence-electron chi connectivity index (χ4n) is 2.77. The first-order valence-electron chi connectivity index (χ1n) is 8.10. The first kappa shape index (κ1) is 19.1. The van der Waals surface area contributed by atoms with E-state index < -0.39 is 0 Å². The van der Waals surface area contributed by atoms with Crippen molar-refractivity contribution < 1.29 is 4.74 Å². The van der Waals surface area contributed by atoms with Crippen molar-refractivity contribution in [3.05, 3.63) is 63.5 Å². The molecule has 2 aromatic carbocycles. The lowest BCUT2D eigenvalue weighted by molar-refractivity contribution is 0.403. The van der Waals surface area contributed by atoms with Crippen molar-refractivity contribution in [2.75, 3.05) is 26.5 Å². The molecule has 1 aromatic heterocycles. The normalized spacial score (nSPS) is 11.0. The monoisotopic (exact) mass is 406 g/mol. The molecular weight excluding hydrogens is 387 g/mol. The molecule has 0 atom stereocenters. The SMILES string of the molecule is COc1cc(Nc2c(CN(C)C)cccc2-c2cccs2)c(Cl)cc1Cl. The van der Waals surface area contributed by atoms with Crippen molar-refractivity contribution in [2.24, 2.45) is 0 Å². The molecule has 26 heavy (non-hydrogen) atoms. The molecule has 3 nitrogen and oxygen atoms in total. The smallest absolute Gasteiger partial charge is 0.139 e. The molecule has 0 spiro atoms. The van der Waals surface area contributed by atoms with E-state index in [9.17, 15) is 0 Å². The summed E-state index contributed by atoms with van der Waals surface area (Å²) in [6, 6.07) is 14.0. The summed E-state index contributed by atoms with van der Waals surface area (Å²) in [5.41, 5.74) is 4.13. The van der Waals surface area contributed by atoms with Crippen LogP contribution in [0.3, 0.4) is 0 Å². The van der Waals surface area contributed by atoms with E-state index in [-0.39, 0.29) is 0 Å². The zero-order chi connectivity index (χ0) is 18.7. The summed E-state index contributed by atoms with van der Waals surface area (Å²) >= 11 is 14.3. The van der Waals surface area contributed by atoms with Crippen molar-refractivity contribution in [2.45, 2.75) is 6.54 Å². The van der Waals surface area contributed by atoms with Crippen molar-refractivity contribution in [3.8, 4) is 16.2 Å². The van der Waals surface area contributed by atoms with Crippen LogP contribution in [0.25, 0.3) is 10.4 Å². The topological polar surface area (TPSA) is 24.5 Å². The van der Waals surface area contributed by atoms with Crippen molar-refractivity contribution in [3.63, 3.8) is 0 Å². The van der Waals surface area contributed by atoms with Gasteiger partial charge in [-0.2, -0.15) is 0 Å². The Bertz CT molecular complexity index is 895. The Hall–Kier alpha value is -1.72. The van der Waals surface area contributed by atoms with E-state index in [2.05, 4.69) is 60.0 Å². The van der Waals surface area contributed by atoms with Crippen LogP contribution >= 0.6 is 34.5 Å². The van der Waals surface area contributed by atoms with Gasteiger partial charge in [0.05, 0.1) is 28.5 Å². The van der Waals surface area contributed by atoms with Gasteiger partial charge in [0.15, 0.2) is 0 Å². The number of methoxy groups -OCH3 is 1. The van der Waals surface area contributed by atoms with Gasteiger partial charge in [-0.1, -0.05) is 47.5 Å². The summed E-state index contributed by atoms with van der Waals surface area (Å²) in [6.45, 7) is 0.809. The lowest BCUT2D eigenvalue weighted by Gasteiger charge is -2.20. The van der Waals surface area contributed by atoms with Gasteiger partial charge in [0, 0.05) is 23.1 Å². The van der Waals surface area contributed by atoms with E-state index in [0.717, 1.165) is 23.5 Å². The van der Waals surface area contributed by atoms with Crippen molar-refractivity contribution >= 4 is 45.9 Å². The lowest BCUT2D eigenvalue weighted by atomic mass is 10.0. The number of para-hydroxylation sites is 1. The predicted octanol–water partition coefficient (Wildman–Crippen LogP) is 6.54. The molecule has 0 aliphatic heterocycles. The summed E-state index contributed by atoms with van der Waals surface area (Å²) in [5.74, 6) is 0.585. The molecule has 0 fully saturated rings. The van der Waals surface area contributed by atoms with Crippen molar-refractivity contribution in [1.82, 2.24) is 4.90 Å². The predicted molar refractivity (Wildman–Crippen MR) is 113 cm³/mol. The molecule has 3 rings (SSSR count). The average Bonchev–Trinajstić information content (AvgIpc) is 3.12. The number of nitrogens with one attached hydrogen (secondary N) is 1. The van der Waals surface area contributed by atoms with Gasteiger partial charge < -0.3 is 15.0 Å². The zero-order valence-electron chi connectivity index (χ0n) is 14.8. The van der Waals surface area contributed by atoms with Gasteiger partial charge in [-0.05, 0) is 37.2 Å². The highest BCUT2D eigenvalue weighted by Gasteiger charge is 2.15. The molecule has 1 heterocycles. The van der Waals surface area contributed by atoms with Crippen LogP contribution in [0.4, 0.5) is 11.4 Å². The molecule has 6 heteroatoms. The molecule has 0 radical (unpaired) electrons. The third kappa shape index (κ3) is 4.15. The number of benzene rings is 2. The Balaban J connectivity index is 2.11. The highest BCUT2D eigenvalue weighted by Crippen LogP contribution is 2.40. The number of hydrogen-bond acceptors (Lipinski definition) is 4. The third-order valence-electron chi connectivity index (χ3n) is 3.93. The van der Waals surface area contributed by atoms with Crippen LogP contribution in [0.1, 0.15) is 5.56 Å². The molecule has 0 aliphatic rings. The molecular formula is C20H20Cl2N2OS. The molecule has 0 saturated heterocycles. The highest BCUT2D eigenvalue weighted by atomic mass is 35.5. The van der Waals surface area contributed by atoms with Crippen LogP contribution < -0.4 is 10.1 Å². The zero-order valence-corrected chi connectivity index (χ0v) is 17.2. The van der Waals surface area contributed by atoms with Gasteiger partial charge in [-0.3, -0.25) is 0 Å². The largest absolute Gasteiger partial charge is 0.495 e. The third-order valence-corrected chi connectivity index (χ3v) is 5.44. The van der Waals surface area contributed by atoms with Crippen LogP contribution in [0, 0.1) is 0 Å². The van der Waals surface area contributed by atoms with E-state index in [1.54, 1.807) is 24.5 Å². The van der Waals surface area contributed by atoms with Gasteiger partial charge in [-0.15, -0.1) is 11.3 Å². The van der Waals surface area contributed by atoms with E-state index in [1.165, 1.54) is 10.4 Å². The van der Waals surface area contributed by atoms with Gasteiger partial charge in [0.25, 0.3) is 0 Å². The second-order valence-corrected chi connectivity index (χ2v) is 7.91. The maximum Gasteiger partial charge on any atom is 0.139 e. The lowest BCUT2D eigenvalue weighted by Crippen LogP contribution is -2.12. The second-order valence-electron chi connectivity index (χ2n) is 6.15. The Morgan fingerprint density at radius 3 is 2.54 bits per heavy atom. The van der Waals surface area contributed by atoms with Crippen molar-refractivity contribution in [1.29, 1.82) is 0 Å². The molecule has 3 aromatic rings. The van der Waals surface area contributed by atoms with Gasteiger partial charge in [0.1, 0.15) is 5.75 Å². The molecule has 0 unspecified atom stereocenters. The van der Waals surface area contributed by atoms with E-state index >= 15 is 0 Å². The number of rotatable bonds is 6. The molecule has 136 valence electrons. The number of ether oxygens (including phenoxy) is 1. The van der Waals surface area contributed by atoms with Gasteiger partial charge in [0.2, 0.25) is 0 Å². The van der Waals surface area contributed by atoms with E-state index in [1.807, 2.05) is 6.07 Å². The first-order valence-corrected chi connectivity index (χ1v) is 9.73. The fraction of sp³-hybridized carbons (Fsp3) is 0.200. The maximum atomic E-state index is 6.43. The Kier molecular flexibility index (Phi) is 6.09. The Labute approximate surface area is 168 Å². The number of nitrogens with zero attached hydrogens (tertiary/aromatic N) is 1. The summed E-state index contributed by atoms with van der Waals surface area (Å²) < 4.78 is 5.34. The minimum Gasteiger partial charge on any atom is -0.495 e. The molecule has 0 saturated carbocycles. The van der Waals surface area contributed by atoms with Crippen LogP contribution in [0.15, 0.2) is 47.8 Å². The van der Waals surface area contributed by atoms with Gasteiger partial charge >= 0.3 is 0 Å². The minimum atomic E-state index is 0.489. The van der Waals surface area contributed by atoms with E-state index in [0.29, 0.717) is 15.8 Å². The van der Waals surface area contributed by atoms with E-state index in [4.69, 9.17) is 27.9 Å². The summed E-state index contributed by atoms with van der Waals surface area (Å²) in [4.78, 5) is 3.34. The molecule has 0 bridgehead atoms. The van der Waals surface area contributed by atoms with Gasteiger partial charge in [-0.25, -0.2) is 0 Å². The average molecular weight is 407 g/mol. The molecule has 0 amide bonds. The molecule has 1 N–H and O–H groups in total. The number of halogens is 2. The minimum absolute atomic E-state index is 0.489. The molecule has 0 aliphatic carbocycles. The summed E-state index contributed by atoms with van der Waals surface area (Å²) in [6.07, 6.45) is 0. The van der Waals surface area contributed by atoms with Crippen LogP contribution in [-0.2, 0) is 6.54 Å². The van der Waals surface area contributed by atoms with Crippen LogP contribution in [0.2, 0.25) is 10.0 Å². The summed E-state index contributed by atoms with van der Waals surface area (Å²) in [7, 11) is 5.70. The number of anilines is 2. The quantitative estimate of drug-likeness (QED) is 0.502. The van der Waals surface area contributed by atoms with Crippen LogP contribution in [0.5, 0.6) is 5.75 Å². The van der Waals surface area contributed by atoms with Crippen LogP contribution in [-0.4, -0.2) is 26.1 Å². The standard InChI is InChI=1S/C20H20Cl2N2OS/c1-24(2)12-13-6-4-7-14(19-8-5-9-26-19)20(13)23-17-11-18(25-3)16(22)10-15(17)21/h4-11,23H,12H2,1-3H3. The summed E-state index contributed by atoms with van der Waals surface area (Å²) in [5, 5.41) is 6.63. The fourth-order valence-corrected chi connectivity index (χ4v) is 4.04. The second kappa shape index (κ2) is 8.31. The number of thiophene rings is 1. The Morgan fingerprint density at radius 2 is 1.88 bits per heavy atom. The number of hydrogen-bond donors (Lipinski definition) is 1. The maximum absolute atomic E-state index is 6.43.